The van der Waals surface area contributed by atoms with E-state index in [0.29, 0.717) is 138 Å². The summed E-state index contributed by atoms with van der Waals surface area (Å²) in [7, 11) is 1.71. The molecule has 1 aliphatic carbocycles. The van der Waals surface area contributed by atoms with Gasteiger partial charge in [-0.2, -0.15) is 0 Å². The third-order valence-electron chi connectivity index (χ3n) is 9.67. The summed E-state index contributed by atoms with van der Waals surface area (Å²) in [5.41, 5.74) is 4.79. The second-order valence-corrected chi connectivity index (χ2v) is 14.3. The fourth-order valence-electron chi connectivity index (χ4n) is 6.37. The lowest BCUT2D eigenvalue weighted by atomic mass is 9.98. The Kier molecular flexibility index (Phi) is 30.2. The van der Waals surface area contributed by atoms with Crippen LogP contribution in [0.2, 0.25) is 0 Å². The van der Waals surface area contributed by atoms with Crippen LogP contribution in [0.4, 0.5) is 4.79 Å². The standard InChI is InChI=1S/C46H73NO13/c1-3-4-5-6-7-8-9-18-45(48)59-38-37-58-36-35-57-34-33-56-32-31-55-30-29-54-28-27-53-26-25-52-24-23-51-22-21-50-20-19-47(2)46(49)60-39-44-42-16-12-10-14-40(42)41-15-11-13-17-43(41)44/h10-17,44H,3-9,18-39H2,1-2H3. The number of benzene rings is 2. The first-order valence-electron chi connectivity index (χ1n) is 22.0. The van der Waals surface area contributed by atoms with Crippen LogP contribution in [0.25, 0.3) is 11.1 Å². The van der Waals surface area contributed by atoms with Crippen LogP contribution in [0.3, 0.4) is 0 Å². The zero-order valence-corrected chi connectivity index (χ0v) is 36.5. The van der Waals surface area contributed by atoms with E-state index in [-0.39, 0.29) is 24.6 Å². The van der Waals surface area contributed by atoms with Crippen LogP contribution in [0.1, 0.15) is 75.3 Å². The Morgan fingerprint density at radius 2 is 0.833 bits per heavy atom. The minimum absolute atomic E-state index is 0.0357. The zero-order valence-electron chi connectivity index (χ0n) is 36.5. The predicted molar refractivity (Wildman–Crippen MR) is 229 cm³/mol. The number of ether oxygens (including phenoxy) is 11. The van der Waals surface area contributed by atoms with Crippen molar-refractivity contribution >= 4 is 12.1 Å². The van der Waals surface area contributed by atoms with Crippen molar-refractivity contribution in [1.29, 1.82) is 0 Å². The van der Waals surface area contributed by atoms with Gasteiger partial charge in [0.05, 0.1) is 119 Å². The fraction of sp³-hybridized carbons (Fsp3) is 0.696. The highest BCUT2D eigenvalue weighted by Crippen LogP contribution is 2.44. The van der Waals surface area contributed by atoms with Gasteiger partial charge in [-0.05, 0) is 28.7 Å². The summed E-state index contributed by atoms with van der Waals surface area (Å²) in [6, 6.07) is 16.6. The first kappa shape index (κ1) is 51.2. The van der Waals surface area contributed by atoms with Crippen LogP contribution in [-0.4, -0.2) is 163 Å². The molecular weight excluding hydrogens is 774 g/mol. The molecule has 2 aromatic carbocycles. The van der Waals surface area contributed by atoms with E-state index in [2.05, 4.69) is 31.2 Å². The van der Waals surface area contributed by atoms with E-state index in [1.807, 2.05) is 24.3 Å². The average molecular weight is 848 g/mol. The number of esters is 1. The molecule has 2 aromatic rings. The smallest absolute Gasteiger partial charge is 0.409 e. The van der Waals surface area contributed by atoms with E-state index in [1.165, 1.54) is 59.3 Å². The molecule has 0 heterocycles. The highest BCUT2D eigenvalue weighted by Gasteiger charge is 2.29. The van der Waals surface area contributed by atoms with Gasteiger partial charge in [-0.3, -0.25) is 4.79 Å². The average Bonchev–Trinajstić information content (AvgIpc) is 3.59. The van der Waals surface area contributed by atoms with E-state index in [4.69, 9.17) is 52.1 Å². The predicted octanol–water partition coefficient (Wildman–Crippen LogP) is 6.70. The van der Waals surface area contributed by atoms with Gasteiger partial charge in [-0.25, -0.2) is 4.79 Å². The second-order valence-electron chi connectivity index (χ2n) is 14.3. The number of carbonyl (C=O) groups is 2. The van der Waals surface area contributed by atoms with Gasteiger partial charge in [0.25, 0.3) is 0 Å². The summed E-state index contributed by atoms with van der Waals surface area (Å²) < 4.78 is 60.6. The summed E-state index contributed by atoms with van der Waals surface area (Å²) in [5.74, 6) is -0.109. The molecular formula is C46H73NO13. The number of rotatable bonds is 40. The molecule has 0 unspecified atom stereocenters. The van der Waals surface area contributed by atoms with Gasteiger partial charge < -0.3 is 57.0 Å². The van der Waals surface area contributed by atoms with Gasteiger partial charge in [0, 0.05) is 25.9 Å². The van der Waals surface area contributed by atoms with Crippen LogP contribution >= 0.6 is 0 Å². The van der Waals surface area contributed by atoms with Crippen molar-refractivity contribution in [3.8, 4) is 11.1 Å². The molecule has 0 atom stereocenters. The van der Waals surface area contributed by atoms with Gasteiger partial charge in [-0.1, -0.05) is 94.0 Å². The SMILES string of the molecule is CCCCCCCCCC(=O)OCCOCCOCCOCCOCCOCCOCCOCCOCCOCCN(C)C(=O)OCC1c2ccccc2-c2ccccc21. The normalized spacial score (nSPS) is 12.1. The Balaban J connectivity index is 0.952. The molecule has 0 N–H and O–H groups in total. The molecule has 1 aliphatic rings. The number of nitrogens with zero attached hydrogens (tertiary/aromatic N) is 1. The monoisotopic (exact) mass is 848 g/mol. The number of carbonyl (C=O) groups excluding carboxylic acids is 2. The molecule has 14 heteroatoms. The van der Waals surface area contributed by atoms with Crippen molar-refractivity contribution < 1.29 is 61.7 Å². The van der Waals surface area contributed by atoms with Gasteiger partial charge in [-0.15, -0.1) is 0 Å². The third-order valence-corrected chi connectivity index (χ3v) is 9.67. The topological polar surface area (TPSA) is 139 Å². The number of unbranched alkanes of at least 4 members (excludes halogenated alkanes) is 6. The molecule has 0 spiro atoms. The molecule has 0 fully saturated rings. The molecule has 0 saturated carbocycles. The Bertz CT molecular complexity index is 1320. The lowest BCUT2D eigenvalue weighted by Gasteiger charge is -2.19. The fourth-order valence-corrected chi connectivity index (χ4v) is 6.37. The highest BCUT2D eigenvalue weighted by atomic mass is 16.6. The van der Waals surface area contributed by atoms with Crippen molar-refractivity contribution in [3.05, 3.63) is 59.7 Å². The molecule has 0 radical (unpaired) electrons. The van der Waals surface area contributed by atoms with Gasteiger partial charge in [0.15, 0.2) is 0 Å². The molecule has 0 bridgehead atoms. The van der Waals surface area contributed by atoms with Gasteiger partial charge in [0.2, 0.25) is 0 Å². The summed E-state index contributed by atoms with van der Waals surface area (Å²) in [5, 5.41) is 0. The number of likely N-dealkylation sites (N-methyl/N-ethyl adjacent to an activating group) is 1. The minimum Gasteiger partial charge on any atom is -0.463 e. The molecule has 14 nitrogen and oxygen atoms in total. The minimum atomic E-state index is -0.366. The first-order valence-corrected chi connectivity index (χ1v) is 22.0. The quantitative estimate of drug-likeness (QED) is 0.0520. The Morgan fingerprint density at radius 3 is 1.27 bits per heavy atom. The maximum Gasteiger partial charge on any atom is 0.409 e. The lowest BCUT2D eigenvalue weighted by Crippen LogP contribution is -2.32. The molecule has 1 amide bonds. The Morgan fingerprint density at radius 1 is 0.467 bits per heavy atom. The van der Waals surface area contributed by atoms with Crippen LogP contribution in [-0.2, 0) is 56.9 Å². The number of amides is 1. The van der Waals surface area contributed by atoms with E-state index in [0.717, 1.165) is 12.8 Å². The molecule has 3 rings (SSSR count). The summed E-state index contributed by atoms with van der Waals surface area (Å²) in [6.07, 6.45) is 8.39. The van der Waals surface area contributed by atoms with Crippen LogP contribution < -0.4 is 0 Å². The zero-order chi connectivity index (χ0) is 42.6. The van der Waals surface area contributed by atoms with E-state index in [1.54, 1.807) is 7.05 Å². The lowest BCUT2D eigenvalue weighted by molar-refractivity contribution is -0.145. The maximum absolute atomic E-state index is 12.6. The van der Waals surface area contributed by atoms with Gasteiger partial charge >= 0.3 is 12.1 Å². The number of hydrogen-bond donors (Lipinski definition) is 0. The van der Waals surface area contributed by atoms with E-state index in [9.17, 15) is 9.59 Å². The van der Waals surface area contributed by atoms with Crippen LogP contribution in [0, 0.1) is 0 Å². The van der Waals surface area contributed by atoms with Crippen molar-refractivity contribution in [1.82, 2.24) is 4.90 Å². The maximum atomic E-state index is 12.6. The van der Waals surface area contributed by atoms with Crippen LogP contribution in [0.5, 0.6) is 0 Å². The number of fused-ring (bicyclic) bond motifs is 3. The molecule has 0 saturated heterocycles. The third kappa shape index (κ3) is 23.7. The highest BCUT2D eigenvalue weighted by molar-refractivity contribution is 5.79. The Hall–Kier alpha value is -3.18. The second kappa shape index (κ2) is 35.4. The first-order chi connectivity index (χ1) is 29.6. The Labute approximate surface area is 358 Å². The van der Waals surface area contributed by atoms with E-state index >= 15 is 0 Å². The summed E-state index contributed by atoms with van der Waals surface area (Å²) in [6.45, 7) is 11.5. The van der Waals surface area contributed by atoms with Crippen LogP contribution in [0.15, 0.2) is 48.5 Å². The number of hydrogen-bond acceptors (Lipinski definition) is 13. The molecule has 0 aromatic heterocycles. The molecule has 60 heavy (non-hydrogen) atoms. The van der Waals surface area contributed by atoms with Crippen molar-refractivity contribution in [3.63, 3.8) is 0 Å². The van der Waals surface area contributed by atoms with Crippen molar-refractivity contribution in [2.75, 3.05) is 146 Å². The molecule has 340 valence electrons. The van der Waals surface area contributed by atoms with E-state index < -0.39 is 0 Å². The van der Waals surface area contributed by atoms with Crippen molar-refractivity contribution in [2.24, 2.45) is 0 Å². The summed E-state index contributed by atoms with van der Waals surface area (Å²) in [4.78, 5) is 25.9. The van der Waals surface area contributed by atoms with Gasteiger partial charge in [0.1, 0.15) is 13.2 Å². The largest absolute Gasteiger partial charge is 0.463 e. The molecule has 0 aliphatic heterocycles. The summed E-state index contributed by atoms with van der Waals surface area (Å²) >= 11 is 0. The van der Waals surface area contributed by atoms with Crippen molar-refractivity contribution in [2.45, 2.75) is 64.2 Å².